The van der Waals surface area contributed by atoms with Crippen LogP contribution in [0.5, 0.6) is 0 Å². The zero-order chi connectivity index (χ0) is 17.6. The van der Waals surface area contributed by atoms with Crippen molar-refractivity contribution in [2.75, 3.05) is 25.6 Å². The van der Waals surface area contributed by atoms with Crippen LogP contribution < -0.4 is 5.32 Å². The van der Waals surface area contributed by atoms with Crippen LogP contribution in [0.2, 0.25) is 0 Å². The van der Waals surface area contributed by atoms with E-state index in [4.69, 9.17) is 4.74 Å². The van der Waals surface area contributed by atoms with E-state index in [1.54, 1.807) is 19.4 Å². The predicted molar refractivity (Wildman–Crippen MR) is 91.9 cm³/mol. The van der Waals surface area contributed by atoms with Gasteiger partial charge in [-0.05, 0) is 37.1 Å². The van der Waals surface area contributed by atoms with Gasteiger partial charge in [0, 0.05) is 13.7 Å². The fraction of sp³-hybridized carbons (Fsp3) is 0.389. The van der Waals surface area contributed by atoms with E-state index in [1.165, 1.54) is 6.07 Å². The van der Waals surface area contributed by atoms with Gasteiger partial charge in [0.25, 0.3) is 0 Å². The third kappa shape index (κ3) is 4.30. The molecule has 0 saturated carbocycles. The van der Waals surface area contributed by atoms with E-state index in [1.807, 2.05) is 17.0 Å². The zero-order valence-electron chi connectivity index (χ0n) is 14.1. The summed E-state index contributed by atoms with van der Waals surface area (Å²) in [5.74, 6) is 0.274. The molecule has 2 aromatic rings. The Morgan fingerprint density at radius 1 is 1.32 bits per heavy atom. The third-order valence-corrected chi connectivity index (χ3v) is 4.22. The van der Waals surface area contributed by atoms with Crippen LogP contribution in [-0.4, -0.2) is 41.0 Å². The van der Waals surface area contributed by atoms with E-state index < -0.39 is 0 Å². The van der Waals surface area contributed by atoms with E-state index in [2.05, 4.69) is 15.3 Å². The van der Waals surface area contributed by atoms with Crippen molar-refractivity contribution in [2.24, 2.45) is 0 Å². The molecule has 3 heterocycles. The lowest BCUT2D eigenvalue weighted by molar-refractivity contribution is -0.133. The molecule has 2 aromatic heterocycles. The monoisotopic (exact) mass is 344 g/mol. The standard InChI is InChI=1S/C18H21FN4O2/c1-25-10-8-18(24)23-9-2-3-16(23)15-6-5-14(12-20-15)22-17-7-4-13(19)11-21-17/h4-7,11-12,16H,2-3,8-10H2,1H3,(H,21,22)/t16-/m1/s1. The predicted octanol–water partition coefficient (Wildman–Crippen LogP) is 3.06. The molecule has 3 rings (SSSR count). The van der Waals surface area contributed by atoms with E-state index in [9.17, 15) is 9.18 Å². The van der Waals surface area contributed by atoms with Gasteiger partial charge in [0.1, 0.15) is 11.6 Å². The van der Waals surface area contributed by atoms with Crippen molar-refractivity contribution in [2.45, 2.75) is 25.3 Å². The van der Waals surface area contributed by atoms with Crippen molar-refractivity contribution in [3.63, 3.8) is 0 Å². The van der Waals surface area contributed by atoms with Crippen LogP contribution in [0, 0.1) is 5.82 Å². The molecule has 132 valence electrons. The first-order chi connectivity index (χ1) is 12.2. The molecular formula is C18H21FN4O2. The minimum absolute atomic E-state index is 0.0161. The zero-order valence-corrected chi connectivity index (χ0v) is 14.1. The lowest BCUT2D eigenvalue weighted by Gasteiger charge is -2.24. The molecule has 1 amide bonds. The Labute approximate surface area is 146 Å². The second kappa shape index (κ2) is 8.02. The first-order valence-electron chi connectivity index (χ1n) is 8.30. The molecule has 1 saturated heterocycles. The molecule has 0 spiro atoms. The second-order valence-corrected chi connectivity index (χ2v) is 5.95. The van der Waals surface area contributed by atoms with Gasteiger partial charge in [-0.3, -0.25) is 9.78 Å². The number of hydrogen-bond acceptors (Lipinski definition) is 5. The highest BCUT2D eigenvalue weighted by atomic mass is 19.1. The number of amides is 1. The van der Waals surface area contributed by atoms with Crippen LogP contribution in [0.4, 0.5) is 15.9 Å². The van der Waals surface area contributed by atoms with Crippen molar-refractivity contribution in [1.82, 2.24) is 14.9 Å². The van der Waals surface area contributed by atoms with Crippen LogP contribution in [-0.2, 0) is 9.53 Å². The molecule has 7 heteroatoms. The molecule has 0 radical (unpaired) electrons. The quantitative estimate of drug-likeness (QED) is 0.872. The topological polar surface area (TPSA) is 67.3 Å². The Kier molecular flexibility index (Phi) is 5.55. The number of rotatable bonds is 6. The van der Waals surface area contributed by atoms with Crippen LogP contribution >= 0.6 is 0 Å². The van der Waals surface area contributed by atoms with Gasteiger partial charge < -0.3 is 15.0 Å². The van der Waals surface area contributed by atoms with E-state index in [0.29, 0.717) is 18.8 Å². The number of methoxy groups -OCH3 is 1. The number of carbonyl (C=O) groups excluding carboxylic acids is 1. The molecule has 0 aromatic carbocycles. The Balaban J connectivity index is 1.66. The Morgan fingerprint density at radius 3 is 2.88 bits per heavy atom. The highest BCUT2D eigenvalue weighted by Crippen LogP contribution is 2.31. The van der Waals surface area contributed by atoms with E-state index >= 15 is 0 Å². The Hall–Kier alpha value is -2.54. The van der Waals surface area contributed by atoms with Gasteiger partial charge in [-0.15, -0.1) is 0 Å². The lowest BCUT2D eigenvalue weighted by atomic mass is 10.1. The van der Waals surface area contributed by atoms with Crippen molar-refractivity contribution >= 4 is 17.4 Å². The maximum Gasteiger partial charge on any atom is 0.225 e. The molecule has 1 fully saturated rings. The van der Waals surface area contributed by atoms with Crippen LogP contribution in [0.15, 0.2) is 36.7 Å². The summed E-state index contributed by atoms with van der Waals surface area (Å²) in [4.78, 5) is 22.6. The molecule has 0 unspecified atom stereocenters. The van der Waals surface area contributed by atoms with Crippen LogP contribution in [0.3, 0.4) is 0 Å². The highest BCUT2D eigenvalue weighted by Gasteiger charge is 2.30. The number of halogens is 1. The molecule has 6 nitrogen and oxygen atoms in total. The van der Waals surface area contributed by atoms with Crippen molar-refractivity contribution < 1.29 is 13.9 Å². The molecule has 1 aliphatic rings. The Bertz CT molecular complexity index is 706. The highest BCUT2D eigenvalue weighted by molar-refractivity contribution is 5.77. The van der Waals surface area contributed by atoms with Crippen molar-refractivity contribution in [3.05, 3.63) is 48.2 Å². The number of anilines is 2. The van der Waals surface area contributed by atoms with Gasteiger partial charge in [0.05, 0.1) is 42.8 Å². The van der Waals surface area contributed by atoms with Gasteiger partial charge in [0.15, 0.2) is 0 Å². The summed E-state index contributed by atoms with van der Waals surface area (Å²) in [6, 6.07) is 6.74. The van der Waals surface area contributed by atoms with Gasteiger partial charge >= 0.3 is 0 Å². The molecule has 1 N–H and O–H groups in total. The smallest absolute Gasteiger partial charge is 0.225 e. The molecule has 1 atom stereocenters. The normalized spacial score (nSPS) is 16.9. The summed E-state index contributed by atoms with van der Waals surface area (Å²) in [6.07, 6.45) is 5.15. The molecule has 0 bridgehead atoms. The summed E-state index contributed by atoms with van der Waals surface area (Å²) < 4.78 is 17.9. The van der Waals surface area contributed by atoms with E-state index in [0.717, 1.165) is 37.0 Å². The maximum atomic E-state index is 12.9. The number of nitrogens with zero attached hydrogens (tertiary/aromatic N) is 3. The fourth-order valence-corrected chi connectivity index (χ4v) is 2.98. The average molecular weight is 344 g/mol. The minimum atomic E-state index is -0.376. The first kappa shape index (κ1) is 17.3. The first-order valence-corrected chi connectivity index (χ1v) is 8.30. The average Bonchev–Trinajstić information content (AvgIpc) is 3.12. The van der Waals surface area contributed by atoms with Gasteiger partial charge in [-0.1, -0.05) is 0 Å². The van der Waals surface area contributed by atoms with Crippen molar-refractivity contribution in [3.8, 4) is 0 Å². The summed E-state index contributed by atoms with van der Waals surface area (Å²) in [6.45, 7) is 1.19. The third-order valence-electron chi connectivity index (χ3n) is 4.22. The van der Waals surface area contributed by atoms with Gasteiger partial charge in [0.2, 0.25) is 5.91 Å². The number of likely N-dealkylation sites (tertiary alicyclic amines) is 1. The number of carbonyl (C=O) groups is 1. The summed E-state index contributed by atoms with van der Waals surface area (Å²) >= 11 is 0. The van der Waals surface area contributed by atoms with Crippen LogP contribution in [0.1, 0.15) is 31.0 Å². The minimum Gasteiger partial charge on any atom is -0.384 e. The lowest BCUT2D eigenvalue weighted by Crippen LogP contribution is -2.31. The van der Waals surface area contributed by atoms with Crippen molar-refractivity contribution in [1.29, 1.82) is 0 Å². The fourth-order valence-electron chi connectivity index (χ4n) is 2.98. The Morgan fingerprint density at radius 2 is 2.20 bits per heavy atom. The molecular weight excluding hydrogens is 323 g/mol. The number of ether oxygens (including phenoxy) is 1. The number of aromatic nitrogens is 2. The SMILES string of the molecule is COCCC(=O)N1CCC[C@@H]1c1ccc(Nc2ccc(F)cn2)cn1. The number of hydrogen-bond donors (Lipinski definition) is 1. The van der Waals surface area contributed by atoms with Crippen LogP contribution in [0.25, 0.3) is 0 Å². The number of nitrogens with one attached hydrogen (secondary N) is 1. The van der Waals surface area contributed by atoms with Gasteiger partial charge in [-0.2, -0.15) is 0 Å². The van der Waals surface area contributed by atoms with Gasteiger partial charge in [-0.25, -0.2) is 9.37 Å². The van der Waals surface area contributed by atoms with E-state index in [-0.39, 0.29) is 17.8 Å². The second-order valence-electron chi connectivity index (χ2n) is 5.95. The molecule has 25 heavy (non-hydrogen) atoms. The maximum absolute atomic E-state index is 12.9. The molecule has 0 aliphatic carbocycles. The summed E-state index contributed by atoms with van der Waals surface area (Å²) in [5.41, 5.74) is 1.64. The largest absolute Gasteiger partial charge is 0.384 e. The number of pyridine rings is 2. The summed E-state index contributed by atoms with van der Waals surface area (Å²) in [5, 5.41) is 3.07. The molecule has 1 aliphatic heterocycles. The summed E-state index contributed by atoms with van der Waals surface area (Å²) in [7, 11) is 1.60.